The summed E-state index contributed by atoms with van der Waals surface area (Å²) in [5.41, 5.74) is 5.18. The van der Waals surface area contributed by atoms with Crippen molar-refractivity contribution in [1.29, 1.82) is 0 Å². The van der Waals surface area contributed by atoms with Crippen LogP contribution in [0.5, 0.6) is 0 Å². The third-order valence-electron chi connectivity index (χ3n) is 5.29. The highest BCUT2D eigenvalue weighted by Crippen LogP contribution is 2.29. The zero-order valence-corrected chi connectivity index (χ0v) is 16.9. The molecule has 5 heteroatoms. The summed E-state index contributed by atoms with van der Waals surface area (Å²) in [6.07, 6.45) is 3.78. The van der Waals surface area contributed by atoms with Crippen LogP contribution in [-0.2, 0) is 6.54 Å². The molecule has 5 aromatic rings. The Balaban J connectivity index is 1.51. The summed E-state index contributed by atoms with van der Waals surface area (Å²) in [5, 5.41) is 10.6. The molecular weight excluding hydrogens is 392 g/mol. The first-order valence-electron chi connectivity index (χ1n) is 9.82. The SMILES string of the molecule is Clc1ccc2c(-c3cn(CC(c4ccccc4)c4ccccc4)nn3)ccnc2c1. The van der Waals surface area contributed by atoms with Crippen molar-refractivity contribution in [3.63, 3.8) is 0 Å². The van der Waals surface area contributed by atoms with Gasteiger partial charge in [0.25, 0.3) is 0 Å². The van der Waals surface area contributed by atoms with E-state index in [9.17, 15) is 0 Å². The summed E-state index contributed by atoms with van der Waals surface area (Å²) in [6.45, 7) is 0.704. The first-order valence-corrected chi connectivity index (χ1v) is 10.2. The number of pyridine rings is 1. The van der Waals surface area contributed by atoms with Gasteiger partial charge in [0.1, 0.15) is 5.69 Å². The molecule has 0 atom stereocenters. The van der Waals surface area contributed by atoms with Crippen molar-refractivity contribution in [3.05, 3.63) is 113 Å². The molecule has 0 bridgehead atoms. The molecule has 0 aliphatic rings. The molecule has 30 heavy (non-hydrogen) atoms. The molecule has 3 aromatic carbocycles. The van der Waals surface area contributed by atoms with E-state index in [0.717, 1.165) is 22.2 Å². The fourth-order valence-corrected chi connectivity index (χ4v) is 3.98. The molecule has 0 amide bonds. The average Bonchev–Trinajstić information content (AvgIpc) is 3.26. The normalized spacial score (nSPS) is 11.3. The van der Waals surface area contributed by atoms with Crippen LogP contribution < -0.4 is 0 Å². The lowest BCUT2D eigenvalue weighted by Gasteiger charge is -2.17. The van der Waals surface area contributed by atoms with E-state index >= 15 is 0 Å². The Kier molecular flexibility index (Phi) is 4.99. The second kappa shape index (κ2) is 8.09. The van der Waals surface area contributed by atoms with Crippen LogP contribution in [0.3, 0.4) is 0 Å². The minimum atomic E-state index is 0.190. The largest absolute Gasteiger partial charge is 0.256 e. The smallest absolute Gasteiger partial charge is 0.113 e. The fourth-order valence-electron chi connectivity index (χ4n) is 3.82. The molecule has 4 nitrogen and oxygen atoms in total. The second-order valence-corrected chi connectivity index (χ2v) is 7.66. The Morgan fingerprint density at radius 2 is 1.53 bits per heavy atom. The summed E-state index contributed by atoms with van der Waals surface area (Å²) >= 11 is 6.12. The monoisotopic (exact) mass is 410 g/mol. The lowest BCUT2D eigenvalue weighted by Crippen LogP contribution is -2.11. The lowest BCUT2D eigenvalue weighted by molar-refractivity contribution is 0.545. The highest BCUT2D eigenvalue weighted by atomic mass is 35.5. The number of rotatable bonds is 5. The van der Waals surface area contributed by atoms with Crippen LogP contribution in [0.15, 0.2) is 97.3 Å². The molecule has 0 radical (unpaired) electrons. The van der Waals surface area contributed by atoms with E-state index in [1.54, 1.807) is 6.20 Å². The van der Waals surface area contributed by atoms with Crippen molar-refractivity contribution in [1.82, 2.24) is 20.0 Å². The first kappa shape index (κ1) is 18.5. The van der Waals surface area contributed by atoms with Crippen LogP contribution in [0.2, 0.25) is 5.02 Å². The molecule has 0 fully saturated rings. The molecule has 0 aliphatic heterocycles. The van der Waals surface area contributed by atoms with E-state index in [2.05, 4.69) is 63.8 Å². The van der Waals surface area contributed by atoms with Crippen LogP contribution in [0, 0.1) is 0 Å². The van der Waals surface area contributed by atoms with Gasteiger partial charge < -0.3 is 0 Å². The van der Waals surface area contributed by atoms with E-state index in [1.165, 1.54) is 11.1 Å². The van der Waals surface area contributed by atoms with Gasteiger partial charge in [-0.25, -0.2) is 0 Å². The van der Waals surface area contributed by atoms with E-state index < -0.39 is 0 Å². The number of benzene rings is 3. The maximum absolute atomic E-state index is 6.12. The van der Waals surface area contributed by atoms with Crippen LogP contribution in [0.1, 0.15) is 17.0 Å². The molecule has 0 aliphatic carbocycles. The number of halogens is 1. The molecule has 0 saturated heterocycles. The number of aromatic nitrogens is 4. The van der Waals surface area contributed by atoms with Crippen molar-refractivity contribution in [2.24, 2.45) is 0 Å². The Morgan fingerprint density at radius 3 is 2.23 bits per heavy atom. The summed E-state index contributed by atoms with van der Waals surface area (Å²) < 4.78 is 1.92. The second-order valence-electron chi connectivity index (χ2n) is 7.22. The van der Waals surface area contributed by atoms with Gasteiger partial charge in [-0.2, -0.15) is 0 Å². The zero-order chi connectivity index (χ0) is 20.3. The van der Waals surface area contributed by atoms with Crippen LogP contribution in [0.25, 0.3) is 22.2 Å². The summed E-state index contributed by atoms with van der Waals surface area (Å²) in [5.74, 6) is 0.190. The van der Waals surface area contributed by atoms with Gasteiger partial charge in [-0.15, -0.1) is 5.10 Å². The summed E-state index contributed by atoms with van der Waals surface area (Å²) in [6, 6.07) is 28.7. The molecule has 5 rings (SSSR count). The van der Waals surface area contributed by atoms with Crippen molar-refractivity contribution in [2.45, 2.75) is 12.5 Å². The zero-order valence-electron chi connectivity index (χ0n) is 16.2. The highest BCUT2D eigenvalue weighted by molar-refractivity contribution is 6.31. The van der Waals surface area contributed by atoms with E-state index in [0.29, 0.717) is 11.6 Å². The van der Waals surface area contributed by atoms with Gasteiger partial charge in [-0.1, -0.05) is 83.5 Å². The maximum atomic E-state index is 6.12. The Hall–Kier alpha value is -3.50. The quantitative estimate of drug-likeness (QED) is 0.358. The fraction of sp³-hybridized carbons (Fsp3) is 0.0800. The minimum Gasteiger partial charge on any atom is -0.256 e. The Labute approximate surface area is 179 Å². The average molecular weight is 411 g/mol. The Morgan fingerprint density at radius 1 is 0.833 bits per heavy atom. The van der Waals surface area contributed by atoms with Gasteiger partial charge in [-0.3, -0.25) is 9.67 Å². The van der Waals surface area contributed by atoms with Gasteiger partial charge in [0.2, 0.25) is 0 Å². The maximum Gasteiger partial charge on any atom is 0.113 e. The summed E-state index contributed by atoms with van der Waals surface area (Å²) in [4.78, 5) is 4.42. The third kappa shape index (κ3) is 3.70. The predicted molar refractivity (Wildman–Crippen MR) is 120 cm³/mol. The molecule has 0 saturated carbocycles. The van der Waals surface area contributed by atoms with E-state index in [1.807, 2.05) is 47.3 Å². The molecule has 0 N–H and O–H groups in total. The summed E-state index contributed by atoms with van der Waals surface area (Å²) in [7, 11) is 0. The Bertz CT molecular complexity index is 1240. The molecule has 2 heterocycles. The number of fused-ring (bicyclic) bond motifs is 1. The molecule has 2 aromatic heterocycles. The molecule has 0 spiro atoms. The number of nitrogens with zero attached hydrogens (tertiary/aromatic N) is 4. The van der Waals surface area contributed by atoms with Gasteiger partial charge >= 0.3 is 0 Å². The molecule has 146 valence electrons. The number of hydrogen-bond acceptors (Lipinski definition) is 3. The molecular formula is C25H19ClN4. The lowest BCUT2D eigenvalue weighted by atomic mass is 9.91. The topological polar surface area (TPSA) is 43.6 Å². The van der Waals surface area contributed by atoms with Gasteiger partial charge in [0.05, 0.1) is 18.3 Å². The van der Waals surface area contributed by atoms with E-state index in [4.69, 9.17) is 11.6 Å². The van der Waals surface area contributed by atoms with Crippen molar-refractivity contribution in [2.75, 3.05) is 0 Å². The van der Waals surface area contributed by atoms with Crippen molar-refractivity contribution in [3.8, 4) is 11.3 Å². The van der Waals surface area contributed by atoms with E-state index in [-0.39, 0.29) is 5.92 Å². The first-order chi connectivity index (χ1) is 14.8. The van der Waals surface area contributed by atoms with Crippen molar-refractivity contribution >= 4 is 22.5 Å². The van der Waals surface area contributed by atoms with Crippen molar-refractivity contribution < 1.29 is 0 Å². The van der Waals surface area contributed by atoms with Gasteiger partial charge in [0.15, 0.2) is 0 Å². The van der Waals surface area contributed by atoms with Crippen LogP contribution in [-0.4, -0.2) is 20.0 Å². The molecule has 0 unspecified atom stereocenters. The minimum absolute atomic E-state index is 0.190. The van der Waals surface area contributed by atoms with Crippen LogP contribution >= 0.6 is 11.6 Å². The van der Waals surface area contributed by atoms with Gasteiger partial charge in [0, 0.05) is 28.1 Å². The van der Waals surface area contributed by atoms with Crippen LogP contribution in [0.4, 0.5) is 0 Å². The standard InChI is InChI=1S/C25H19ClN4/c26-20-11-12-21-22(13-14-27-24(21)15-20)25-17-30(29-28-25)16-23(18-7-3-1-4-8-18)19-9-5-2-6-10-19/h1-15,17,23H,16H2. The van der Waals surface area contributed by atoms with Gasteiger partial charge in [-0.05, 0) is 29.3 Å². The third-order valence-corrected chi connectivity index (χ3v) is 5.53. The number of hydrogen-bond donors (Lipinski definition) is 0. The highest BCUT2D eigenvalue weighted by Gasteiger charge is 2.16. The predicted octanol–water partition coefficient (Wildman–Crippen LogP) is 5.98.